The van der Waals surface area contributed by atoms with Gasteiger partial charge in [-0.1, -0.05) is 34.1 Å². The zero-order valence-corrected chi connectivity index (χ0v) is 17.1. The van der Waals surface area contributed by atoms with E-state index in [1.54, 1.807) is 60.7 Å². The molecule has 4 aromatic rings. The predicted octanol–water partition coefficient (Wildman–Crippen LogP) is 5.18. The molecule has 0 aliphatic heterocycles. The van der Waals surface area contributed by atoms with E-state index in [0.29, 0.717) is 16.9 Å². The minimum Gasteiger partial charge on any atom is -0.451 e. The molecule has 30 heavy (non-hydrogen) atoms. The lowest BCUT2D eigenvalue weighted by Crippen LogP contribution is -2.16. The van der Waals surface area contributed by atoms with Crippen molar-refractivity contribution in [1.82, 2.24) is 5.43 Å². The molecule has 1 aromatic heterocycles. The summed E-state index contributed by atoms with van der Waals surface area (Å²) in [6, 6.07) is 22.7. The second kappa shape index (κ2) is 8.75. The van der Waals surface area contributed by atoms with Gasteiger partial charge in [-0.25, -0.2) is 10.2 Å². The van der Waals surface area contributed by atoms with Gasteiger partial charge in [-0.15, -0.1) is 0 Å². The lowest BCUT2D eigenvalue weighted by Gasteiger charge is -2.04. The number of benzene rings is 3. The maximum atomic E-state index is 12.2. The van der Waals surface area contributed by atoms with E-state index in [2.05, 4.69) is 26.5 Å². The van der Waals surface area contributed by atoms with Crippen LogP contribution in [0.3, 0.4) is 0 Å². The molecule has 7 heteroatoms. The van der Waals surface area contributed by atoms with Crippen LogP contribution in [0.2, 0.25) is 0 Å². The molecule has 1 amide bonds. The summed E-state index contributed by atoms with van der Waals surface area (Å²) in [5, 5.41) is 4.78. The zero-order valence-electron chi connectivity index (χ0n) is 15.5. The molecule has 0 aliphatic carbocycles. The molecule has 0 unspecified atom stereocenters. The quantitative estimate of drug-likeness (QED) is 0.192. The van der Waals surface area contributed by atoms with Crippen LogP contribution in [-0.2, 0) is 0 Å². The monoisotopic (exact) mass is 462 g/mol. The van der Waals surface area contributed by atoms with Crippen molar-refractivity contribution in [3.8, 4) is 5.75 Å². The molecule has 0 radical (unpaired) electrons. The van der Waals surface area contributed by atoms with E-state index < -0.39 is 11.9 Å². The predicted molar refractivity (Wildman–Crippen MR) is 117 cm³/mol. The first-order chi connectivity index (χ1) is 14.6. The molecule has 0 bridgehead atoms. The van der Waals surface area contributed by atoms with Crippen LogP contribution in [0, 0.1) is 0 Å². The number of amides is 1. The number of hydrazone groups is 1. The fourth-order valence-electron chi connectivity index (χ4n) is 2.69. The summed E-state index contributed by atoms with van der Waals surface area (Å²) in [5.74, 6) is -0.292. The van der Waals surface area contributed by atoms with Gasteiger partial charge in [-0.3, -0.25) is 4.79 Å². The van der Waals surface area contributed by atoms with Gasteiger partial charge in [-0.05, 0) is 66.2 Å². The number of furan rings is 1. The van der Waals surface area contributed by atoms with Crippen LogP contribution in [-0.4, -0.2) is 18.1 Å². The molecular weight excluding hydrogens is 448 g/mol. The smallest absolute Gasteiger partial charge is 0.343 e. The van der Waals surface area contributed by atoms with Crippen molar-refractivity contribution in [2.45, 2.75) is 0 Å². The summed E-state index contributed by atoms with van der Waals surface area (Å²) >= 11 is 3.32. The van der Waals surface area contributed by atoms with Crippen molar-refractivity contribution in [3.05, 3.63) is 100 Å². The number of rotatable bonds is 5. The Labute approximate surface area is 180 Å². The topological polar surface area (TPSA) is 80.9 Å². The Morgan fingerprint density at radius 1 is 0.967 bits per heavy atom. The van der Waals surface area contributed by atoms with Gasteiger partial charge in [0.15, 0.2) is 5.76 Å². The van der Waals surface area contributed by atoms with Crippen LogP contribution >= 0.6 is 15.9 Å². The van der Waals surface area contributed by atoms with Crippen LogP contribution in [0.5, 0.6) is 5.75 Å². The molecule has 0 aliphatic rings. The van der Waals surface area contributed by atoms with Crippen molar-refractivity contribution in [2.75, 3.05) is 0 Å². The summed E-state index contributed by atoms with van der Waals surface area (Å²) < 4.78 is 11.7. The SMILES string of the molecule is O=C(Oc1ccc(C=NNC(=O)c2cc3ccccc3o2)cc1)c1ccc(Br)cc1. The van der Waals surface area contributed by atoms with E-state index in [-0.39, 0.29) is 5.76 Å². The second-order valence-corrected chi connectivity index (χ2v) is 7.23. The summed E-state index contributed by atoms with van der Waals surface area (Å²) in [5.41, 5.74) is 4.25. The van der Waals surface area contributed by atoms with Gasteiger partial charge in [0.05, 0.1) is 11.8 Å². The van der Waals surface area contributed by atoms with Crippen LogP contribution in [0.4, 0.5) is 0 Å². The number of hydrogen-bond acceptors (Lipinski definition) is 5. The van der Waals surface area contributed by atoms with Gasteiger partial charge in [-0.2, -0.15) is 5.10 Å². The van der Waals surface area contributed by atoms with Gasteiger partial charge < -0.3 is 9.15 Å². The van der Waals surface area contributed by atoms with E-state index in [4.69, 9.17) is 9.15 Å². The molecule has 0 saturated carbocycles. The van der Waals surface area contributed by atoms with Gasteiger partial charge >= 0.3 is 11.9 Å². The molecule has 3 aromatic carbocycles. The number of carbonyl (C=O) groups excluding carboxylic acids is 2. The largest absolute Gasteiger partial charge is 0.451 e. The molecule has 1 N–H and O–H groups in total. The van der Waals surface area contributed by atoms with E-state index >= 15 is 0 Å². The van der Waals surface area contributed by atoms with Gasteiger partial charge in [0.25, 0.3) is 0 Å². The Hall–Kier alpha value is -3.71. The summed E-state index contributed by atoms with van der Waals surface area (Å²) in [6.45, 7) is 0. The Kier molecular flexibility index (Phi) is 5.72. The van der Waals surface area contributed by atoms with E-state index in [0.717, 1.165) is 15.4 Å². The molecule has 0 fully saturated rings. The van der Waals surface area contributed by atoms with Crippen molar-refractivity contribution in [1.29, 1.82) is 0 Å². The highest BCUT2D eigenvalue weighted by Gasteiger charge is 2.11. The molecular formula is C23H15BrN2O4. The first kappa shape index (κ1) is 19.6. The average molecular weight is 463 g/mol. The highest BCUT2D eigenvalue weighted by molar-refractivity contribution is 9.10. The second-order valence-electron chi connectivity index (χ2n) is 6.31. The molecule has 1 heterocycles. The lowest BCUT2D eigenvalue weighted by atomic mass is 10.2. The van der Waals surface area contributed by atoms with Crippen LogP contribution in [0.25, 0.3) is 11.0 Å². The minimum absolute atomic E-state index is 0.184. The first-order valence-corrected chi connectivity index (χ1v) is 9.77. The highest BCUT2D eigenvalue weighted by atomic mass is 79.9. The van der Waals surface area contributed by atoms with Gasteiger partial charge in [0.1, 0.15) is 11.3 Å². The Bertz CT molecular complexity index is 1200. The number of para-hydroxylation sites is 1. The minimum atomic E-state index is -0.443. The Balaban J connectivity index is 1.34. The lowest BCUT2D eigenvalue weighted by molar-refractivity contribution is 0.0734. The third kappa shape index (κ3) is 4.64. The van der Waals surface area contributed by atoms with Crippen molar-refractivity contribution in [2.24, 2.45) is 5.10 Å². The number of carbonyl (C=O) groups is 2. The number of nitrogens with one attached hydrogen (secondary N) is 1. The third-order valence-corrected chi connectivity index (χ3v) is 4.73. The molecule has 0 atom stereocenters. The van der Waals surface area contributed by atoms with Crippen LogP contribution in [0.1, 0.15) is 26.5 Å². The number of esters is 1. The van der Waals surface area contributed by atoms with E-state index in [1.165, 1.54) is 6.21 Å². The van der Waals surface area contributed by atoms with Crippen molar-refractivity contribution >= 4 is 45.0 Å². The highest BCUT2D eigenvalue weighted by Crippen LogP contribution is 2.19. The molecule has 6 nitrogen and oxygen atoms in total. The maximum absolute atomic E-state index is 12.2. The first-order valence-electron chi connectivity index (χ1n) is 8.98. The average Bonchev–Trinajstić information content (AvgIpc) is 3.20. The third-order valence-electron chi connectivity index (χ3n) is 4.20. The van der Waals surface area contributed by atoms with Gasteiger partial charge in [0, 0.05) is 9.86 Å². The normalized spacial score (nSPS) is 11.0. The Morgan fingerprint density at radius 2 is 1.70 bits per heavy atom. The number of nitrogens with zero attached hydrogens (tertiary/aromatic N) is 1. The molecule has 4 rings (SSSR count). The number of halogens is 1. The van der Waals surface area contributed by atoms with Crippen molar-refractivity contribution < 1.29 is 18.7 Å². The summed E-state index contributed by atoms with van der Waals surface area (Å²) in [4.78, 5) is 24.3. The fourth-order valence-corrected chi connectivity index (χ4v) is 2.95. The summed E-state index contributed by atoms with van der Waals surface area (Å²) in [7, 11) is 0. The van der Waals surface area contributed by atoms with Crippen molar-refractivity contribution in [3.63, 3.8) is 0 Å². The Morgan fingerprint density at radius 3 is 2.43 bits per heavy atom. The van der Waals surface area contributed by atoms with Crippen LogP contribution in [0.15, 0.2) is 92.9 Å². The molecule has 0 spiro atoms. The summed E-state index contributed by atoms with van der Waals surface area (Å²) in [6.07, 6.45) is 1.49. The number of fused-ring (bicyclic) bond motifs is 1. The molecule has 0 saturated heterocycles. The maximum Gasteiger partial charge on any atom is 0.343 e. The number of ether oxygens (including phenoxy) is 1. The zero-order chi connectivity index (χ0) is 20.9. The standard InChI is InChI=1S/C23H15BrN2O4/c24-18-9-7-16(8-10-18)23(28)29-19-11-5-15(6-12-19)14-25-26-22(27)21-13-17-3-1-2-4-20(17)30-21/h1-14H,(H,26,27). The van der Waals surface area contributed by atoms with E-state index in [9.17, 15) is 9.59 Å². The van der Waals surface area contributed by atoms with Crippen LogP contribution < -0.4 is 10.2 Å². The van der Waals surface area contributed by atoms with E-state index in [1.807, 2.05) is 18.2 Å². The van der Waals surface area contributed by atoms with Gasteiger partial charge in [0.2, 0.25) is 0 Å². The number of hydrogen-bond donors (Lipinski definition) is 1. The molecule has 148 valence electrons. The fraction of sp³-hybridized carbons (Fsp3) is 0.